The summed E-state index contributed by atoms with van der Waals surface area (Å²) in [5, 5.41) is 3.73. The maximum atomic E-state index is 5.60. The van der Waals surface area contributed by atoms with Crippen LogP contribution in [0.3, 0.4) is 0 Å². The van der Waals surface area contributed by atoms with E-state index in [1.807, 2.05) is 12.1 Å². The lowest BCUT2D eigenvalue weighted by Gasteiger charge is -2.15. The molecule has 0 unspecified atom stereocenters. The highest BCUT2D eigenvalue weighted by atomic mass is 16.5. The van der Waals surface area contributed by atoms with Crippen LogP contribution in [0.2, 0.25) is 0 Å². The normalized spacial score (nSPS) is 15.8. The number of ether oxygens (including phenoxy) is 1. The molecule has 1 aliphatic rings. The van der Waals surface area contributed by atoms with Crippen molar-refractivity contribution in [1.29, 1.82) is 0 Å². The first-order valence-corrected chi connectivity index (χ1v) is 6.68. The van der Waals surface area contributed by atoms with Gasteiger partial charge < -0.3 is 15.0 Å². The molecule has 0 spiro atoms. The Bertz CT molecular complexity index is 571. The zero-order valence-corrected chi connectivity index (χ0v) is 11.1. The number of rotatable bonds is 3. The minimum atomic E-state index is 0.410. The lowest BCUT2D eigenvalue weighted by Crippen LogP contribution is -1.97. The van der Waals surface area contributed by atoms with Crippen molar-refractivity contribution >= 4 is 5.82 Å². The summed E-state index contributed by atoms with van der Waals surface area (Å²) < 4.78 is 10.7. The highest BCUT2D eigenvalue weighted by Gasteiger charge is 2.21. The van der Waals surface area contributed by atoms with Crippen molar-refractivity contribution in [3.05, 3.63) is 29.8 Å². The van der Waals surface area contributed by atoms with Crippen LogP contribution in [0, 0.1) is 0 Å². The zero-order chi connectivity index (χ0) is 13.2. The Kier molecular flexibility index (Phi) is 3.15. The Morgan fingerprint density at radius 3 is 2.68 bits per heavy atom. The molecule has 0 saturated heterocycles. The van der Waals surface area contributed by atoms with Crippen LogP contribution in [0.1, 0.15) is 37.2 Å². The van der Waals surface area contributed by atoms with Crippen molar-refractivity contribution < 1.29 is 9.26 Å². The third-order valence-electron chi connectivity index (χ3n) is 3.84. The summed E-state index contributed by atoms with van der Waals surface area (Å²) in [5.74, 6) is 2.67. The van der Waals surface area contributed by atoms with Crippen molar-refractivity contribution in [3.63, 3.8) is 0 Å². The molecular weight excluding hydrogens is 240 g/mol. The summed E-state index contributed by atoms with van der Waals surface area (Å²) in [4.78, 5) is 0. The van der Waals surface area contributed by atoms with Crippen LogP contribution in [-0.4, -0.2) is 12.3 Å². The average molecular weight is 258 g/mol. The highest BCUT2D eigenvalue weighted by Crippen LogP contribution is 2.40. The van der Waals surface area contributed by atoms with E-state index in [9.17, 15) is 0 Å². The molecule has 4 heteroatoms. The molecule has 2 aromatic rings. The van der Waals surface area contributed by atoms with Gasteiger partial charge in [0.05, 0.1) is 7.11 Å². The van der Waals surface area contributed by atoms with Crippen LogP contribution < -0.4 is 10.5 Å². The van der Waals surface area contributed by atoms with Crippen molar-refractivity contribution in [1.82, 2.24) is 5.16 Å². The molecule has 1 aromatic heterocycles. The van der Waals surface area contributed by atoms with Gasteiger partial charge in [0.2, 0.25) is 0 Å². The lowest BCUT2D eigenvalue weighted by molar-refractivity contribution is 0.405. The molecule has 1 aromatic carbocycles. The van der Waals surface area contributed by atoms with Crippen LogP contribution in [0.15, 0.2) is 28.8 Å². The maximum Gasteiger partial charge on any atom is 0.169 e. The first-order chi connectivity index (χ1) is 9.28. The molecule has 0 bridgehead atoms. The number of nitrogen functional groups attached to an aromatic ring is 1. The smallest absolute Gasteiger partial charge is 0.169 e. The van der Waals surface area contributed by atoms with Gasteiger partial charge in [-0.1, -0.05) is 18.0 Å². The lowest BCUT2D eigenvalue weighted by atomic mass is 9.94. The first-order valence-electron chi connectivity index (χ1n) is 6.68. The Labute approximate surface area is 112 Å². The Morgan fingerprint density at radius 2 is 2.05 bits per heavy atom. The number of anilines is 1. The van der Waals surface area contributed by atoms with Gasteiger partial charge >= 0.3 is 0 Å². The molecule has 0 radical (unpaired) electrons. The number of nitrogens with zero attached hydrogens (tertiary/aromatic N) is 1. The van der Waals surface area contributed by atoms with E-state index in [2.05, 4.69) is 11.2 Å². The third-order valence-corrected chi connectivity index (χ3v) is 3.84. The molecule has 1 heterocycles. The van der Waals surface area contributed by atoms with Crippen molar-refractivity contribution in [2.45, 2.75) is 31.6 Å². The van der Waals surface area contributed by atoms with Gasteiger partial charge in [0.25, 0.3) is 0 Å². The average Bonchev–Trinajstić information content (AvgIpc) is 3.09. The monoisotopic (exact) mass is 258 g/mol. The van der Waals surface area contributed by atoms with Crippen molar-refractivity contribution in [2.24, 2.45) is 0 Å². The molecule has 1 aliphatic carbocycles. The Balaban J connectivity index is 2.01. The van der Waals surface area contributed by atoms with Gasteiger partial charge in [-0.25, -0.2) is 0 Å². The SMILES string of the molecule is COc1ccc(-c2cc(N)no2)cc1C1CCCC1. The van der Waals surface area contributed by atoms with Crippen LogP contribution in [-0.2, 0) is 0 Å². The Morgan fingerprint density at radius 1 is 1.26 bits per heavy atom. The fraction of sp³-hybridized carbons (Fsp3) is 0.400. The second-order valence-electron chi connectivity index (χ2n) is 5.05. The number of methoxy groups -OCH3 is 1. The van der Waals surface area contributed by atoms with Crippen molar-refractivity contribution in [3.8, 4) is 17.1 Å². The zero-order valence-electron chi connectivity index (χ0n) is 11.1. The minimum Gasteiger partial charge on any atom is -0.496 e. The van der Waals surface area contributed by atoms with Gasteiger partial charge in [0.1, 0.15) is 5.75 Å². The van der Waals surface area contributed by atoms with Gasteiger partial charge in [-0.15, -0.1) is 0 Å². The number of benzene rings is 1. The maximum absolute atomic E-state index is 5.60. The summed E-state index contributed by atoms with van der Waals surface area (Å²) in [6.45, 7) is 0. The molecule has 19 heavy (non-hydrogen) atoms. The topological polar surface area (TPSA) is 61.3 Å². The fourth-order valence-electron chi connectivity index (χ4n) is 2.87. The van der Waals surface area contributed by atoms with E-state index in [1.165, 1.54) is 31.2 Å². The number of nitrogens with two attached hydrogens (primary N) is 1. The van der Waals surface area contributed by atoms with Gasteiger partial charge in [-0.05, 0) is 42.5 Å². The molecule has 0 atom stereocenters. The Hall–Kier alpha value is -1.97. The predicted octanol–water partition coefficient (Wildman–Crippen LogP) is 3.59. The minimum absolute atomic E-state index is 0.410. The van der Waals surface area contributed by atoms with Crippen molar-refractivity contribution in [2.75, 3.05) is 12.8 Å². The molecule has 1 saturated carbocycles. The third kappa shape index (κ3) is 2.30. The van der Waals surface area contributed by atoms with E-state index in [0.717, 1.165) is 11.3 Å². The molecule has 1 fully saturated rings. The molecule has 0 aliphatic heterocycles. The van der Waals surface area contributed by atoms with E-state index in [0.29, 0.717) is 17.5 Å². The van der Waals surface area contributed by atoms with E-state index in [4.69, 9.17) is 15.0 Å². The van der Waals surface area contributed by atoms with Gasteiger partial charge in [0.15, 0.2) is 11.6 Å². The number of hydrogen-bond donors (Lipinski definition) is 1. The predicted molar refractivity (Wildman–Crippen MR) is 74.1 cm³/mol. The van der Waals surface area contributed by atoms with Gasteiger partial charge in [0, 0.05) is 11.6 Å². The van der Waals surface area contributed by atoms with E-state index < -0.39 is 0 Å². The van der Waals surface area contributed by atoms with Gasteiger partial charge in [-0.3, -0.25) is 0 Å². The van der Waals surface area contributed by atoms with E-state index in [-0.39, 0.29) is 0 Å². The van der Waals surface area contributed by atoms with Crippen LogP contribution >= 0.6 is 0 Å². The summed E-state index contributed by atoms with van der Waals surface area (Å²) in [6.07, 6.45) is 5.07. The number of aromatic nitrogens is 1. The summed E-state index contributed by atoms with van der Waals surface area (Å²) in [7, 11) is 1.72. The quantitative estimate of drug-likeness (QED) is 0.913. The van der Waals surface area contributed by atoms with Gasteiger partial charge in [-0.2, -0.15) is 0 Å². The first kappa shape index (κ1) is 12.1. The standard InChI is InChI=1S/C15H18N2O2/c1-18-13-7-6-11(14-9-15(16)17-19-14)8-12(13)10-4-2-3-5-10/h6-10H,2-5H2,1H3,(H2,16,17). The van der Waals surface area contributed by atoms with Crippen LogP contribution in [0.4, 0.5) is 5.82 Å². The van der Waals surface area contributed by atoms with Crippen LogP contribution in [0.5, 0.6) is 5.75 Å². The second-order valence-corrected chi connectivity index (χ2v) is 5.05. The highest BCUT2D eigenvalue weighted by molar-refractivity contribution is 5.63. The molecular formula is C15H18N2O2. The molecule has 3 rings (SSSR count). The van der Waals surface area contributed by atoms with E-state index >= 15 is 0 Å². The summed E-state index contributed by atoms with van der Waals surface area (Å²) >= 11 is 0. The molecule has 4 nitrogen and oxygen atoms in total. The largest absolute Gasteiger partial charge is 0.496 e. The molecule has 2 N–H and O–H groups in total. The molecule has 0 amide bonds. The van der Waals surface area contributed by atoms with Crippen LogP contribution in [0.25, 0.3) is 11.3 Å². The fourth-order valence-corrected chi connectivity index (χ4v) is 2.87. The summed E-state index contributed by atoms with van der Waals surface area (Å²) in [5.41, 5.74) is 7.88. The number of hydrogen-bond acceptors (Lipinski definition) is 4. The van der Waals surface area contributed by atoms with E-state index in [1.54, 1.807) is 13.2 Å². The second kappa shape index (κ2) is 4.96. The summed E-state index contributed by atoms with van der Waals surface area (Å²) in [6, 6.07) is 7.88. The molecule has 100 valence electrons.